The first kappa shape index (κ1) is 20.0. The molecule has 3 aliphatic rings. The summed E-state index contributed by atoms with van der Waals surface area (Å²) >= 11 is 0. The van der Waals surface area contributed by atoms with Gasteiger partial charge in [0.25, 0.3) is 11.8 Å². The Morgan fingerprint density at radius 2 is 1.81 bits per heavy atom. The van der Waals surface area contributed by atoms with Crippen LogP contribution in [0, 0.1) is 5.41 Å². The van der Waals surface area contributed by atoms with Gasteiger partial charge < -0.3 is 10.2 Å². The Kier molecular flexibility index (Phi) is 4.37. The van der Waals surface area contributed by atoms with Crippen LogP contribution in [0.1, 0.15) is 64.6 Å². The van der Waals surface area contributed by atoms with Gasteiger partial charge in [0.2, 0.25) is 0 Å². The van der Waals surface area contributed by atoms with Gasteiger partial charge in [0.1, 0.15) is 0 Å². The zero-order valence-corrected chi connectivity index (χ0v) is 18.7. The van der Waals surface area contributed by atoms with Crippen molar-refractivity contribution in [2.45, 2.75) is 51.5 Å². The number of hydrogen-bond acceptors (Lipinski definition) is 3. The number of fused-ring (bicyclic) bond motifs is 5. The molecule has 1 N–H and O–H groups in total. The predicted octanol–water partition coefficient (Wildman–Crippen LogP) is 4.06. The van der Waals surface area contributed by atoms with Crippen LogP contribution in [0.15, 0.2) is 41.4 Å². The molecule has 1 aliphatic carbocycles. The van der Waals surface area contributed by atoms with E-state index in [0.717, 1.165) is 42.6 Å². The van der Waals surface area contributed by atoms with E-state index in [1.54, 1.807) is 7.05 Å². The van der Waals surface area contributed by atoms with Crippen LogP contribution in [0.3, 0.4) is 0 Å². The molecule has 5 heteroatoms. The summed E-state index contributed by atoms with van der Waals surface area (Å²) in [6, 6.07) is 12.0. The van der Waals surface area contributed by atoms with Crippen LogP contribution in [0.25, 0.3) is 0 Å². The molecule has 1 fully saturated rings. The van der Waals surface area contributed by atoms with Crippen LogP contribution < -0.4 is 5.32 Å². The highest BCUT2D eigenvalue weighted by molar-refractivity contribution is 5.96. The summed E-state index contributed by atoms with van der Waals surface area (Å²) in [6.45, 7) is 7.66. The van der Waals surface area contributed by atoms with E-state index in [2.05, 4.69) is 42.0 Å². The van der Waals surface area contributed by atoms with Gasteiger partial charge in [0, 0.05) is 48.8 Å². The Bertz CT molecular complexity index is 1130. The molecule has 5 nitrogen and oxygen atoms in total. The zero-order chi connectivity index (χ0) is 22.0. The van der Waals surface area contributed by atoms with E-state index in [1.807, 2.05) is 36.5 Å². The highest BCUT2D eigenvalue weighted by atomic mass is 16.2. The number of rotatable bonds is 2. The van der Waals surface area contributed by atoms with Crippen molar-refractivity contribution in [3.05, 3.63) is 64.2 Å². The number of nitrogens with zero attached hydrogens (tertiary/aromatic N) is 2. The molecule has 2 unspecified atom stereocenters. The van der Waals surface area contributed by atoms with E-state index in [0.29, 0.717) is 5.56 Å². The van der Waals surface area contributed by atoms with Gasteiger partial charge in [0.15, 0.2) is 0 Å². The second kappa shape index (κ2) is 6.78. The Morgan fingerprint density at radius 1 is 1.06 bits per heavy atom. The predicted molar refractivity (Wildman–Crippen MR) is 122 cm³/mol. The monoisotopic (exact) mass is 415 g/mol. The van der Waals surface area contributed by atoms with Crippen LogP contribution in [-0.4, -0.2) is 42.6 Å². The van der Waals surface area contributed by atoms with Crippen molar-refractivity contribution >= 4 is 23.7 Å². The number of aliphatic imine (C=N–C) groups is 1. The first-order valence-electron chi connectivity index (χ1n) is 11.1. The number of nitrogens with one attached hydrogen (secondary N) is 1. The van der Waals surface area contributed by atoms with Gasteiger partial charge in [-0.2, -0.15) is 0 Å². The van der Waals surface area contributed by atoms with Crippen molar-refractivity contribution in [1.82, 2.24) is 10.2 Å². The lowest BCUT2D eigenvalue weighted by Crippen LogP contribution is -2.64. The van der Waals surface area contributed by atoms with E-state index >= 15 is 0 Å². The number of amides is 2. The fourth-order valence-corrected chi connectivity index (χ4v) is 5.88. The van der Waals surface area contributed by atoms with Crippen molar-refractivity contribution < 1.29 is 9.59 Å². The molecule has 160 valence electrons. The number of piperidine rings is 1. The molecule has 0 saturated carbocycles. The maximum Gasteiger partial charge on any atom is 0.254 e. The lowest BCUT2D eigenvalue weighted by Gasteiger charge is -2.60. The first-order chi connectivity index (χ1) is 14.8. The smallest absolute Gasteiger partial charge is 0.254 e. The Labute approximate surface area is 183 Å². The second-order valence-corrected chi connectivity index (χ2v) is 9.83. The van der Waals surface area contributed by atoms with Gasteiger partial charge in [-0.05, 0) is 65.3 Å². The molecule has 31 heavy (non-hydrogen) atoms. The first-order valence-corrected chi connectivity index (χ1v) is 11.1. The number of likely N-dealkylation sites (tertiary alicyclic amines) is 1. The van der Waals surface area contributed by atoms with Gasteiger partial charge in [-0.1, -0.05) is 26.8 Å². The summed E-state index contributed by atoms with van der Waals surface area (Å²) < 4.78 is 0. The van der Waals surface area contributed by atoms with Crippen molar-refractivity contribution in [3.63, 3.8) is 0 Å². The van der Waals surface area contributed by atoms with Crippen LogP contribution in [0.4, 0.5) is 5.69 Å². The molecule has 2 aromatic carbocycles. The standard InChI is InChI=1S/C26H29N3O2/c1-25(2)22-15-19-14-17(23(30)27-4)5-7-20(19)26(25,3)10-12-29(22)24(31)18-6-8-21-16(13-18)9-11-28-21/h5-8,11,13-14,22H,9-10,12,15H2,1-4H3,(H,27,30). The summed E-state index contributed by atoms with van der Waals surface area (Å²) in [7, 11) is 1.66. The molecular weight excluding hydrogens is 386 g/mol. The lowest BCUT2D eigenvalue weighted by molar-refractivity contribution is -0.0262. The molecule has 0 spiro atoms. The van der Waals surface area contributed by atoms with E-state index in [1.165, 1.54) is 11.1 Å². The van der Waals surface area contributed by atoms with Crippen molar-refractivity contribution in [1.29, 1.82) is 0 Å². The average Bonchev–Trinajstić information content (AvgIpc) is 3.23. The molecule has 0 radical (unpaired) electrons. The number of benzene rings is 2. The summed E-state index contributed by atoms with van der Waals surface area (Å²) in [5.41, 5.74) is 5.90. The molecule has 5 rings (SSSR count). The minimum atomic E-state index is -0.0811. The fraction of sp³-hybridized carbons (Fsp3) is 0.423. The quantitative estimate of drug-likeness (QED) is 0.804. The van der Waals surface area contributed by atoms with E-state index < -0.39 is 0 Å². The van der Waals surface area contributed by atoms with Crippen LogP contribution in [-0.2, 0) is 18.3 Å². The Balaban J connectivity index is 1.53. The third-order valence-electron chi connectivity index (χ3n) is 8.22. The summed E-state index contributed by atoms with van der Waals surface area (Å²) in [6.07, 6.45) is 4.36. The van der Waals surface area contributed by atoms with Crippen LogP contribution in [0.5, 0.6) is 0 Å². The molecule has 2 atom stereocenters. The summed E-state index contributed by atoms with van der Waals surface area (Å²) in [5, 5.41) is 2.72. The molecular formula is C26H29N3O2. The highest BCUT2D eigenvalue weighted by Crippen LogP contribution is 2.56. The molecule has 2 bridgehead atoms. The minimum absolute atomic E-state index is 0.0466. The fourth-order valence-electron chi connectivity index (χ4n) is 5.88. The third kappa shape index (κ3) is 2.79. The number of carbonyl (C=O) groups excluding carboxylic acids is 2. The molecule has 2 aliphatic heterocycles. The maximum atomic E-state index is 13.6. The maximum absolute atomic E-state index is 13.6. The van der Waals surface area contributed by atoms with Crippen LogP contribution in [0.2, 0.25) is 0 Å². The normalized spacial score (nSPS) is 25.0. The molecule has 0 aromatic heterocycles. The van der Waals surface area contributed by atoms with E-state index in [-0.39, 0.29) is 28.7 Å². The highest BCUT2D eigenvalue weighted by Gasteiger charge is 2.56. The Morgan fingerprint density at radius 3 is 2.58 bits per heavy atom. The van der Waals surface area contributed by atoms with Crippen molar-refractivity contribution in [2.24, 2.45) is 10.4 Å². The van der Waals surface area contributed by atoms with Gasteiger partial charge in [0.05, 0.1) is 5.69 Å². The van der Waals surface area contributed by atoms with Gasteiger partial charge >= 0.3 is 0 Å². The van der Waals surface area contributed by atoms with E-state index in [4.69, 9.17) is 0 Å². The van der Waals surface area contributed by atoms with Crippen LogP contribution >= 0.6 is 0 Å². The average molecular weight is 416 g/mol. The van der Waals surface area contributed by atoms with Gasteiger partial charge in [-0.3, -0.25) is 14.6 Å². The second-order valence-electron chi connectivity index (χ2n) is 9.83. The van der Waals surface area contributed by atoms with E-state index in [9.17, 15) is 9.59 Å². The SMILES string of the molecule is CNC(=O)c1ccc2c(c1)CC1N(C(=O)c3ccc4c(c3)CC=N4)CCC2(C)C1(C)C. The summed E-state index contributed by atoms with van der Waals surface area (Å²) in [5.74, 6) is 0.0250. The minimum Gasteiger partial charge on any atom is -0.355 e. The van der Waals surface area contributed by atoms with Crippen molar-refractivity contribution in [3.8, 4) is 0 Å². The van der Waals surface area contributed by atoms with Gasteiger partial charge in [-0.25, -0.2) is 0 Å². The molecule has 2 heterocycles. The molecule has 2 amide bonds. The topological polar surface area (TPSA) is 61.8 Å². The largest absolute Gasteiger partial charge is 0.355 e. The lowest BCUT2D eigenvalue weighted by atomic mass is 9.51. The third-order valence-corrected chi connectivity index (χ3v) is 8.22. The van der Waals surface area contributed by atoms with Crippen molar-refractivity contribution in [2.75, 3.05) is 13.6 Å². The van der Waals surface area contributed by atoms with Gasteiger partial charge in [-0.15, -0.1) is 0 Å². The molecule has 1 saturated heterocycles. The number of hydrogen-bond donors (Lipinski definition) is 1. The zero-order valence-electron chi connectivity index (χ0n) is 18.7. The Hall–Kier alpha value is -2.95. The molecule has 2 aromatic rings. The number of carbonyl (C=O) groups is 2. The summed E-state index contributed by atoms with van der Waals surface area (Å²) in [4.78, 5) is 32.3.